The Kier molecular flexibility index (Phi) is 4.72. The number of allylic oxidation sites excluding steroid dienone is 1. The fourth-order valence-electron chi connectivity index (χ4n) is 3.54. The van der Waals surface area contributed by atoms with Gasteiger partial charge in [0.1, 0.15) is 24.7 Å². The summed E-state index contributed by atoms with van der Waals surface area (Å²) in [6.45, 7) is 2.33. The lowest BCUT2D eigenvalue weighted by molar-refractivity contribution is -0.104. The number of aliphatic hydroxyl groups excluding tert-OH is 1. The summed E-state index contributed by atoms with van der Waals surface area (Å²) in [5.41, 5.74) is 12.7. The van der Waals surface area contributed by atoms with Gasteiger partial charge in [0.2, 0.25) is 0 Å². The van der Waals surface area contributed by atoms with Crippen molar-refractivity contribution in [2.24, 2.45) is 0 Å². The van der Waals surface area contributed by atoms with Crippen molar-refractivity contribution in [1.82, 2.24) is 0 Å². The number of hydrogen-bond acceptors (Lipinski definition) is 4. The second-order valence-corrected chi connectivity index (χ2v) is 6.98. The molecule has 1 aliphatic rings. The normalized spacial score (nSPS) is 17.1. The molecule has 3 N–H and O–H groups in total. The highest BCUT2D eigenvalue weighted by Gasteiger charge is 2.17. The van der Waals surface area contributed by atoms with Crippen LogP contribution in [0.2, 0.25) is 0 Å². The Labute approximate surface area is 163 Å². The molecule has 4 heteroatoms. The molecule has 0 fully saturated rings. The number of aldehydes is 1. The van der Waals surface area contributed by atoms with Gasteiger partial charge in [0.15, 0.2) is 0 Å². The van der Waals surface area contributed by atoms with E-state index in [1.807, 2.05) is 49.4 Å². The molecular formula is C24H21NO3. The lowest BCUT2D eigenvalue weighted by atomic mass is 9.90. The molecule has 0 saturated heterocycles. The molecule has 140 valence electrons. The minimum Gasteiger partial charge on any atom is -0.487 e. The first-order valence-electron chi connectivity index (χ1n) is 9.13. The van der Waals surface area contributed by atoms with Crippen LogP contribution in [-0.4, -0.2) is 11.4 Å². The number of rotatable bonds is 1. The van der Waals surface area contributed by atoms with Crippen molar-refractivity contribution in [3.63, 3.8) is 0 Å². The van der Waals surface area contributed by atoms with Crippen molar-refractivity contribution in [2.45, 2.75) is 19.6 Å². The van der Waals surface area contributed by atoms with E-state index in [0.29, 0.717) is 23.6 Å². The summed E-state index contributed by atoms with van der Waals surface area (Å²) in [5, 5.41) is 11.0. The van der Waals surface area contributed by atoms with Gasteiger partial charge in [0.05, 0.1) is 5.69 Å². The van der Waals surface area contributed by atoms with E-state index in [9.17, 15) is 9.90 Å². The second-order valence-electron chi connectivity index (χ2n) is 6.98. The summed E-state index contributed by atoms with van der Waals surface area (Å²) in [6.07, 6.45) is 1.53. The largest absolute Gasteiger partial charge is 0.487 e. The van der Waals surface area contributed by atoms with Gasteiger partial charge in [0, 0.05) is 0 Å². The summed E-state index contributed by atoms with van der Waals surface area (Å²) in [6, 6.07) is 19.0. The molecule has 3 aromatic rings. The molecule has 0 radical (unpaired) electrons. The zero-order valence-electron chi connectivity index (χ0n) is 15.6. The Balaban J connectivity index is 1.98. The Morgan fingerprint density at radius 1 is 1.07 bits per heavy atom. The third kappa shape index (κ3) is 3.30. The van der Waals surface area contributed by atoms with E-state index in [4.69, 9.17) is 10.5 Å². The molecule has 0 aliphatic carbocycles. The standard InChI is InChI=1S/C24H21NO3/c1-15-5-6-18-12-21(15)20(9-10-26)17-4-2-3-16(11-17)14-28-23-13-19(24(18)27)7-8-22(23)25/h2-13,24,27H,14,25H2,1H3/b20-9-. The minimum atomic E-state index is -0.830. The van der Waals surface area contributed by atoms with Crippen LogP contribution < -0.4 is 10.5 Å². The highest BCUT2D eigenvalue weighted by Crippen LogP contribution is 2.34. The smallest absolute Gasteiger partial charge is 0.143 e. The van der Waals surface area contributed by atoms with E-state index >= 15 is 0 Å². The second kappa shape index (κ2) is 7.33. The Bertz CT molecular complexity index is 1080. The molecule has 4 nitrogen and oxygen atoms in total. The molecule has 1 unspecified atom stereocenters. The number of aliphatic hydroxyl groups is 1. The summed E-state index contributed by atoms with van der Waals surface area (Å²) >= 11 is 0. The molecule has 1 atom stereocenters. The lowest BCUT2D eigenvalue weighted by Crippen LogP contribution is -2.03. The first-order chi connectivity index (χ1) is 13.6. The number of aryl methyl sites for hydroxylation is 1. The van der Waals surface area contributed by atoms with Crippen molar-refractivity contribution in [1.29, 1.82) is 0 Å². The van der Waals surface area contributed by atoms with Crippen LogP contribution in [0.25, 0.3) is 5.57 Å². The number of hydrogen-bond donors (Lipinski definition) is 2. The van der Waals surface area contributed by atoms with Gasteiger partial charge in [-0.25, -0.2) is 0 Å². The number of nitrogen functional groups attached to an aromatic ring is 1. The van der Waals surface area contributed by atoms with Crippen LogP contribution in [-0.2, 0) is 11.4 Å². The van der Waals surface area contributed by atoms with Gasteiger partial charge in [-0.2, -0.15) is 0 Å². The van der Waals surface area contributed by atoms with E-state index in [2.05, 4.69) is 0 Å². The summed E-state index contributed by atoms with van der Waals surface area (Å²) in [4.78, 5) is 11.4. The Hall–Kier alpha value is -3.37. The highest BCUT2D eigenvalue weighted by atomic mass is 16.5. The predicted octanol–water partition coefficient (Wildman–Crippen LogP) is 4.18. The van der Waals surface area contributed by atoms with E-state index < -0.39 is 6.10 Å². The topological polar surface area (TPSA) is 72.5 Å². The number of carbonyl (C=O) groups is 1. The summed E-state index contributed by atoms with van der Waals surface area (Å²) in [7, 11) is 0. The number of benzene rings is 3. The van der Waals surface area contributed by atoms with Gasteiger partial charge in [-0.05, 0) is 76.2 Å². The van der Waals surface area contributed by atoms with Crippen LogP contribution in [0, 0.1) is 6.92 Å². The van der Waals surface area contributed by atoms with Gasteiger partial charge in [-0.1, -0.05) is 36.4 Å². The molecule has 0 spiro atoms. The number of nitrogens with two attached hydrogens (primary N) is 1. The monoisotopic (exact) mass is 371 g/mol. The fourth-order valence-corrected chi connectivity index (χ4v) is 3.54. The molecule has 1 heterocycles. The lowest BCUT2D eigenvalue weighted by Gasteiger charge is -2.17. The molecule has 4 rings (SSSR count). The van der Waals surface area contributed by atoms with E-state index in [1.54, 1.807) is 24.3 Å². The van der Waals surface area contributed by atoms with Crippen molar-refractivity contribution in [2.75, 3.05) is 5.73 Å². The third-order valence-corrected chi connectivity index (χ3v) is 5.09. The first kappa shape index (κ1) is 18.0. The van der Waals surface area contributed by atoms with Gasteiger partial charge in [-0.3, -0.25) is 4.79 Å². The zero-order valence-corrected chi connectivity index (χ0v) is 15.6. The number of ether oxygens (including phenoxy) is 1. The number of fused-ring (bicyclic) bond motifs is 6. The molecule has 3 aromatic carbocycles. The SMILES string of the molecule is Cc1ccc2cc1/C(=C\C=O)c1cccc(c1)COc1cc(ccc1N)C2O. The maximum atomic E-state index is 11.4. The zero-order chi connectivity index (χ0) is 19.7. The Morgan fingerprint density at radius 3 is 2.68 bits per heavy atom. The van der Waals surface area contributed by atoms with Crippen molar-refractivity contribution >= 4 is 17.5 Å². The van der Waals surface area contributed by atoms with E-state index in [-0.39, 0.29) is 0 Å². The summed E-state index contributed by atoms with van der Waals surface area (Å²) in [5.74, 6) is 0.539. The molecular weight excluding hydrogens is 350 g/mol. The Morgan fingerprint density at radius 2 is 1.86 bits per heavy atom. The van der Waals surface area contributed by atoms with Crippen molar-refractivity contribution in [3.05, 3.63) is 100 Å². The fraction of sp³-hybridized carbons (Fsp3) is 0.125. The van der Waals surface area contributed by atoms with Crippen LogP contribution in [0.5, 0.6) is 5.75 Å². The average molecular weight is 371 g/mol. The minimum absolute atomic E-state index is 0.336. The predicted molar refractivity (Wildman–Crippen MR) is 110 cm³/mol. The maximum Gasteiger partial charge on any atom is 0.143 e. The van der Waals surface area contributed by atoms with Crippen LogP contribution in [0.4, 0.5) is 5.69 Å². The first-order valence-corrected chi connectivity index (χ1v) is 9.13. The third-order valence-electron chi connectivity index (χ3n) is 5.09. The van der Waals surface area contributed by atoms with E-state index in [0.717, 1.165) is 39.7 Å². The molecule has 1 aliphatic heterocycles. The highest BCUT2D eigenvalue weighted by molar-refractivity contribution is 5.90. The van der Waals surface area contributed by atoms with Gasteiger partial charge < -0.3 is 15.6 Å². The van der Waals surface area contributed by atoms with Gasteiger partial charge >= 0.3 is 0 Å². The van der Waals surface area contributed by atoms with Gasteiger partial charge in [0.25, 0.3) is 0 Å². The summed E-state index contributed by atoms with van der Waals surface area (Å²) < 4.78 is 5.93. The number of anilines is 1. The van der Waals surface area contributed by atoms with Crippen LogP contribution in [0.3, 0.4) is 0 Å². The van der Waals surface area contributed by atoms with Crippen molar-refractivity contribution in [3.8, 4) is 5.75 Å². The average Bonchev–Trinajstić information content (AvgIpc) is 2.71. The van der Waals surface area contributed by atoms with Gasteiger partial charge in [-0.15, -0.1) is 0 Å². The van der Waals surface area contributed by atoms with Crippen LogP contribution in [0.1, 0.15) is 39.5 Å². The number of carbonyl (C=O) groups excluding carboxylic acids is 1. The molecule has 0 saturated carbocycles. The van der Waals surface area contributed by atoms with Crippen LogP contribution >= 0.6 is 0 Å². The van der Waals surface area contributed by atoms with Crippen molar-refractivity contribution < 1.29 is 14.6 Å². The molecule has 0 amide bonds. The van der Waals surface area contributed by atoms with E-state index in [1.165, 1.54) is 0 Å². The molecule has 28 heavy (non-hydrogen) atoms. The maximum absolute atomic E-state index is 11.4. The molecule has 0 aromatic heterocycles. The van der Waals surface area contributed by atoms with Crippen LogP contribution in [0.15, 0.2) is 66.7 Å². The molecule has 6 bridgehead atoms. The quantitative estimate of drug-likeness (QED) is 0.382.